The van der Waals surface area contributed by atoms with Crippen molar-refractivity contribution >= 4 is 33.5 Å². The number of ether oxygens (including phenoxy) is 1. The van der Waals surface area contributed by atoms with Crippen molar-refractivity contribution < 1.29 is 9.15 Å². The summed E-state index contributed by atoms with van der Waals surface area (Å²) in [5, 5.41) is 2.25. The Kier molecular flexibility index (Phi) is 4.01. The number of fused-ring (bicyclic) bond motifs is 2. The molecule has 2 aromatic carbocycles. The number of halogens is 1. The summed E-state index contributed by atoms with van der Waals surface area (Å²) >= 11 is 6.07. The maximum absolute atomic E-state index is 11.9. The minimum absolute atomic E-state index is 0.183. The number of nitrogens with one attached hydrogen (secondary N) is 1. The summed E-state index contributed by atoms with van der Waals surface area (Å²) in [4.78, 5) is 26.2. The van der Waals surface area contributed by atoms with Gasteiger partial charge in [-0.25, -0.2) is 4.79 Å². The number of rotatable bonds is 3. The van der Waals surface area contributed by atoms with Crippen molar-refractivity contribution in [3.63, 3.8) is 0 Å². The van der Waals surface area contributed by atoms with Crippen molar-refractivity contribution in [3.05, 3.63) is 85.5 Å². The van der Waals surface area contributed by atoms with E-state index in [2.05, 4.69) is 4.98 Å². The molecule has 0 aliphatic carbocycles. The van der Waals surface area contributed by atoms with Gasteiger partial charge in [0.25, 0.3) is 0 Å². The highest BCUT2D eigenvalue weighted by atomic mass is 35.5. The van der Waals surface area contributed by atoms with E-state index in [1.165, 1.54) is 12.1 Å². The first-order valence-electron chi connectivity index (χ1n) is 7.98. The number of benzene rings is 2. The van der Waals surface area contributed by atoms with Crippen LogP contribution in [-0.2, 0) is 6.61 Å². The van der Waals surface area contributed by atoms with Gasteiger partial charge in [-0.3, -0.25) is 4.79 Å². The van der Waals surface area contributed by atoms with Gasteiger partial charge < -0.3 is 14.1 Å². The summed E-state index contributed by atoms with van der Waals surface area (Å²) < 4.78 is 11.1. The highest BCUT2D eigenvalue weighted by molar-refractivity contribution is 6.31. The lowest BCUT2D eigenvalue weighted by Gasteiger charge is -2.10. The van der Waals surface area contributed by atoms with Crippen molar-refractivity contribution in [2.45, 2.75) is 13.5 Å². The Balaban J connectivity index is 1.70. The molecule has 4 aromatic rings. The van der Waals surface area contributed by atoms with Crippen LogP contribution in [0.1, 0.15) is 11.1 Å². The lowest BCUT2D eigenvalue weighted by atomic mass is 10.1. The van der Waals surface area contributed by atoms with Crippen LogP contribution >= 0.6 is 11.6 Å². The summed E-state index contributed by atoms with van der Waals surface area (Å²) in [6, 6.07) is 13.5. The van der Waals surface area contributed by atoms with E-state index in [9.17, 15) is 9.59 Å². The molecule has 2 aromatic heterocycles. The zero-order valence-electron chi connectivity index (χ0n) is 13.8. The summed E-state index contributed by atoms with van der Waals surface area (Å²) in [5.74, 6) is 0.543. The Morgan fingerprint density at radius 2 is 1.88 bits per heavy atom. The fourth-order valence-electron chi connectivity index (χ4n) is 2.97. The number of hydrogen-bond acceptors (Lipinski definition) is 4. The van der Waals surface area contributed by atoms with Crippen molar-refractivity contribution in [1.82, 2.24) is 4.98 Å². The molecule has 0 saturated carbocycles. The molecule has 2 heterocycles. The fourth-order valence-corrected chi connectivity index (χ4v) is 3.14. The Morgan fingerprint density at radius 3 is 2.73 bits per heavy atom. The summed E-state index contributed by atoms with van der Waals surface area (Å²) in [6.07, 6.45) is 0. The average Bonchev–Trinajstić information content (AvgIpc) is 2.59. The number of hydrogen-bond donors (Lipinski definition) is 1. The van der Waals surface area contributed by atoms with Crippen LogP contribution in [0.4, 0.5) is 0 Å². The van der Waals surface area contributed by atoms with Crippen molar-refractivity contribution in [3.8, 4) is 5.75 Å². The predicted molar refractivity (Wildman–Crippen MR) is 101 cm³/mol. The first-order chi connectivity index (χ1) is 12.5. The normalized spacial score (nSPS) is 11.2. The van der Waals surface area contributed by atoms with Gasteiger partial charge in [0.2, 0.25) is 5.56 Å². The largest absolute Gasteiger partial charge is 0.489 e. The number of aromatic amines is 1. The maximum atomic E-state index is 11.9. The Morgan fingerprint density at radius 1 is 1.04 bits per heavy atom. The maximum Gasteiger partial charge on any atom is 0.336 e. The monoisotopic (exact) mass is 367 g/mol. The molecule has 0 bridgehead atoms. The van der Waals surface area contributed by atoms with Gasteiger partial charge in [0, 0.05) is 45.1 Å². The summed E-state index contributed by atoms with van der Waals surface area (Å²) in [5.41, 5.74) is 2.11. The van der Waals surface area contributed by atoms with Gasteiger partial charge >= 0.3 is 5.63 Å². The molecule has 0 radical (unpaired) electrons. The molecular formula is C20H14ClNO4. The number of pyridine rings is 1. The molecule has 4 rings (SSSR count). The van der Waals surface area contributed by atoms with Gasteiger partial charge in [0.05, 0.1) is 0 Å². The SMILES string of the molecule is Cc1cc(=O)oc2cc(OCc3cc(=O)[nH]c4ccc(Cl)cc34)ccc12. The zero-order valence-corrected chi connectivity index (χ0v) is 14.6. The fraction of sp³-hybridized carbons (Fsp3) is 0.100. The van der Waals surface area contributed by atoms with Gasteiger partial charge in [-0.05, 0) is 42.8 Å². The first-order valence-corrected chi connectivity index (χ1v) is 8.36. The molecule has 0 spiro atoms. The molecule has 0 atom stereocenters. The molecule has 0 aliphatic rings. The van der Waals surface area contributed by atoms with E-state index < -0.39 is 5.63 Å². The quantitative estimate of drug-likeness (QED) is 0.551. The smallest absolute Gasteiger partial charge is 0.336 e. The molecule has 6 heteroatoms. The average molecular weight is 368 g/mol. The van der Waals surface area contributed by atoms with Crippen LogP contribution < -0.4 is 15.9 Å². The number of aryl methyl sites for hydroxylation is 1. The van der Waals surface area contributed by atoms with Crippen LogP contribution in [0.5, 0.6) is 5.75 Å². The molecule has 130 valence electrons. The van der Waals surface area contributed by atoms with E-state index in [0.717, 1.165) is 21.9 Å². The van der Waals surface area contributed by atoms with Gasteiger partial charge in [0.15, 0.2) is 0 Å². The van der Waals surface area contributed by atoms with Crippen molar-refractivity contribution in [2.75, 3.05) is 0 Å². The van der Waals surface area contributed by atoms with E-state index in [0.29, 0.717) is 21.9 Å². The van der Waals surface area contributed by atoms with Crippen LogP contribution in [-0.4, -0.2) is 4.98 Å². The lowest BCUT2D eigenvalue weighted by Crippen LogP contribution is -2.08. The molecule has 0 amide bonds. The van der Waals surface area contributed by atoms with Gasteiger partial charge in [0.1, 0.15) is 17.9 Å². The second-order valence-corrected chi connectivity index (χ2v) is 6.48. The molecule has 26 heavy (non-hydrogen) atoms. The zero-order chi connectivity index (χ0) is 18.3. The molecule has 0 fully saturated rings. The van der Waals surface area contributed by atoms with Gasteiger partial charge in [-0.1, -0.05) is 11.6 Å². The first kappa shape index (κ1) is 16.4. The molecule has 1 N–H and O–H groups in total. The molecule has 0 aliphatic heterocycles. The van der Waals surface area contributed by atoms with E-state index >= 15 is 0 Å². The predicted octanol–water partition coefficient (Wildman–Crippen LogP) is 4.18. The molecule has 0 saturated heterocycles. The summed E-state index contributed by atoms with van der Waals surface area (Å²) in [6.45, 7) is 2.04. The Labute approximate surface area is 152 Å². The van der Waals surface area contributed by atoms with Crippen molar-refractivity contribution in [2.24, 2.45) is 0 Å². The third-order valence-corrected chi connectivity index (χ3v) is 4.44. The standard InChI is InChI=1S/C20H14ClNO4/c1-11-6-20(24)26-18-9-14(3-4-15(11)18)25-10-12-7-19(23)22-17-5-2-13(21)8-16(12)17/h2-9H,10H2,1H3,(H,22,23). The highest BCUT2D eigenvalue weighted by Crippen LogP contribution is 2.25. The van der Waals surface area contributed by atoms with E-state index in [1.807, 2.05) is 13.0 Å². The Bertz CT molecular complexity index is 1260. The van der Waals surface area contributed by atoms with Crippen LogP contribution in [0.15, 0.2) is 62.5 Å². The second-order valence-electron chi connectivity index (χ2n) is 6.04. The third kappa shape index (κ3) is 3.09. The van der Waals surface area contributed by atoms with E-state index in [1.54, 1.807) is 30.3 Å². The van der Waals surface area contributed by atoms with Gasteiger partial charge in [-0.15, -0.1) is 0 Å². The Hall–Kier alpha value is -3.05. The van der Waals surface area contributed by atoms with Crippen LogP contribution in [0.3, 0.4) is 0 Å². The van der Waals surface area contributed by atoms with Crippen LogP contribution in [0.2, 0.25) is 5.02 Å². The summed E-state index contributed by atoms with van der Waals surface area (Å²) in [7, 11) is 0. The number of aromatic nitrogens is 1. The minimum Gasteiger partial charge on any atom is -0.489 e. The molecule has 0 unspecified atom stereocenters. The second kappa shape index (κ2) is 6.35. The van der Waals surface area contributed by atoms with Gasteiger partial charge in [-0.2, -0.15) is 0 Å². The molecule has 5 nitrogen and oxygen atoms in total. The van der Waals surface area contributed by atoms with Crippen molar-refractivity contribution in [1.29, 1.82) is 0 Å². The minimum atomic E-state index is -0.401. The number of H-pyrrole nitrogens is 1. The van der Waals surface area contributed by atoms with Crippen LogP contribution in [0.25, 0.3) is 21.9 Å². The van der Waals surface area contributed by atoms with Crippen LogP contribution in [0, 0.1) is 6.92 Å². The molecular weight excluding hydrogens is 354 g/mol. The topological polar surface area (TPSA) is 72.3 Å². The van der Waals surface area contributed by atoms with E-state index in [4.69, 9.17) is 20.8 Å². The third-order valence-electron chi connectivity index (χ3n) is 4.21. The van der Waals surface area contributed by atoms with E-state index in [-0.39, 0.29) is 12.2 Å². The lowest BCUT2D eigenvalue weighted by molar-refractivity contribution is 0.307. The highest BCUT2D eigenvalue weighted by Gasteiger charge is 2.08.